The summed E-state index contributed by atoms with van der Waals surface area (Å²) >= 11 is 5.87. The summed E-state index contributed by atoms with van der Waals surface area (Å²) in [4.78, 5) is 12.5. The maximum atomic E-state index is 12.5. The van der Waals surface area contributed by atoms with E-state index in [1.165, 1.54) is 0 Å². The molecule has 4 nitrogen and oxygen atoms in total. The molecule has 1 N–H and O–H groups in total. The van der Waals surface area contributed by atoms with Gasteiger partial charge < -0.3 is 14.8 Å². The van der Waals surface area contributed by atoms with Gasteiger partial charge in [0.25, 0.3) is 5.91 Å². The molecule has 1 aliphatic carbocycles. The van der Waals surface area contributed by atoms with E-state index in [9.17, 15) is 4.79 Å². The third-order valence-corrected chi connectivity index (χ3v) is 4.56. The van der Waals surface area contributed by atoms with E-state index in [-0.39, 0.29) is 11.4 Å². The molecule has 5 heteroatoms. The summed E-state index contributed by atoms with van der Waals surface area (Å²) in [5.74, 6) is 1.43. The second-order valence-corrected chi connectivity index (χ2v) is 6.34. The maximum Gasteiger partial charge on any atom is 0.251 e. The van der Waals surface area contributed by atoms with Gasteiger partial charge in [-0.1, -0.05) is 17.7 Å². The monoisotopic (exact) mass is 329 g/mol. The Bertz CT molecular complexity index is 753. The first kappa shape index (κ1) is 14.4. The van der Waals surface area contributed by atoms with Crippen molar-refractivity contribution in [2.24, 2.45) is 0 Å². The number of ether oxygens (including phenoxy) is 2. The first-order valence-electron chi connectivity index (χ1n) is 7.65. The minimum absolute atomic E-state index is 0.0888. The highest BCUT2D eigenvalue weighted by molar-refractivity contribution is 6.30. The molecular weight excluding hydrogens is 314 g/mol. The summed E-state index contributed by atoms with van der Waals surface area (Å²) in [5.41, 5.74) is 1.37. The van der Waals surface area contributed by atoms with E-state index in [2.05, 4.69) is 5.32 Å². The van der Waals surface area contributed by atoms with E-state index in [1.54, 1.807) is 24.3 Å². The smallest absolute Gasteiger partial charge is 0.251 e. The van der Waals surface area contributed by atoms with E-state index in [0.717, 1.165) is 29.9 Å². The van der Waals surface area contributed by atoms with Crippen LogP contribution in [0.4, 0.5) is 0 Å². The van der Waals surface area contributed by atoms with Gasteiger partial charge in [0, 0.05) is 10.6 Å². The number of carbonyl (C=O) groups is 1. The van der Waals surface area contributed by atoms with Crippen molar-refractivity contribution in [3.63, 3.8) is 0 Å². The summed E-state index contributed by atoms with van der Waals surface area (Å²) in [5, 5.41) is 3.77. The Hall–Kier alpha value is -2.20. The number of fused-ring (bicyclic) bond motifs is 1. The van der Waals surface area contributed by atoms with Crippen LogP contribution in [0.5, 0.6) is 11.5 Å². The van der Waals surface area contributed by atoms with Crippen LogP contribution in [-0.2, 0) is 5.54 Å². The fourth-order valence-electron chi connectivity index (χ4n) is 2.84. The Morgan fingerprint density at radius 1 is 1.00 bits per heavy atom. The molecule has 0 radical (unpaired) electrons. The largest absolute Gasteiger partial charge is 0.486 e. The van der Waals surface area contributed by atoms with Gasteiger partial charge in [0.1, 0.15) is 13.2 Å². The van der Waals surface area contributed by atoms with Crippen LogP contribution in [0.15, 0.2) is 42.5 Å². The minimum atomic E-state index is -0.299. The van der Waals surface area contributed by atoms with Crippen molar-refractivity contribution in [1.82, 2.24) is 5.32 Å². The third-order valence-electron chi connectivity index (χ3n) is 4.30. The molecule has 0 bridgehead atoms. The number of rotatable bonds is 3. The van der Waals surface area contributed by atoms with Gasteiger partial charge in [0.15, 0.2) is 11.5 Å². The molecule has 1 amide bonds. The van der Waals surface area contributed by atoms with Gasteiger partial charge in [0.05, 0.1) is 5.54 Å². The van der Waals surface area contributed by atoms with Gasteiger partial charge in [-0.15, -0.1) is 0 Å². The number of carbonyl (C=O) groups excluding carboxylic acids is 1. The highest BCUT2D eigenvalue weighted by Crippen LogP contribution is 2.48. The van der Waals surface area contributed by atoms with Gasteiger partial charge in [-0.3, -0.25) is 4.79 Å². The van der Waals surface area contributed by atoms with E-state index in [4.69, 9.17) is 21.1 Å². The zero-order chi connectivity index (χ0) is 15.9. The molecule has 1 aliphatic heterocycles. The van der Waals surface area contributed by atoms with Crippen LogP contribution in [0.1, 0.15) is 28.8 Å². The van der Waals surface area contributed by atoms with Gasteiger partial charge in [0.2, 0.25) is 0 Å². The Morgan fingerprint density at radius 3 is 2.39 bits per heavy atom. The lowest BCUT2D eigenvalue weighted by Crippen LogP contribution is -2.35. The van der Waals surface area contributed by atoms with Crippen molar-refractivity contribution in [3.05, 3.63) is 58.6 Å². The SMILES string of the molecule is O=C(NC1(c2ccc3c(c2)OCCO3)CC1)c1ccc(Cl)cc1. The van der Waals surface area contributed by atoms with Crippen LogP contribution < -0.4 is 14.8 Å². The average molecular weight is 330 g/mol. The average Bonchev–Trinajstić information content (AvgIpc) is 3.35. The zero-order valence-corrected chi connectivity index (χ0v) is 13.2. The first-order valence-corrected chi connectivity index (χ1v) is 8.02. The number of hydrogen-bond donors (Lipinski definition) is 1. The molecule has 0 spiro atoms. The molecule has 1 saturated carbocycles. The van der Waals surface area contributed by atoms with Crippen LogP contribution >= 0.6 is 11.6 Å². The third kappa shape index (κ3) is 2.75. The number of benzene rings is 2. The van der Waals surface area contributed by atoms with Gasteiger partial charge in [-0.05, 0) is 54.8 Å². The van der Waals surface area contributed by atoms with Crippen LogP contribution in [0.25, 0.3) is 0 Å². The van der Waals surface area contributed by atoms with Gasteiger partial charge in [-0.25, -0.2) is 0 Å². The zero-order valence-electron chi connectivity index (χ0n) is 12.5. The molecule has 118 valence electrons. The molecule has 2 aliphatic rings. The minimum Gasteiger partial charge on any atom is -0.486 e. The van der Waals surface area contributed by atoms with E-state index in [0.29, 0.717) is 23.8 Å². The Balaban J connectivity index is 1.56. The van der Waals surface area contributed by atoms with Crippen LogP contribution in [-0.4, -0.2) is 19.1 Å². The van der Waals surface area contributed by atoms with Crippen LogP contribution in [0, 0.1) is 0 Å². The summed E-state index contributed by atoms with van der Waals surface area (Å²) in [6.07, 6.45) is 1.85. The van der Waals surface area contributed by atoms with Gasteiger partial charge >= 0.3 is 0 Å². The summed E-state index contributed by atoms with van der Waals surface area (Å²) in [6.45, 7) is 1.13. The predicted octanol–water partition coefficient (Wildman–Crippen LogP) is 3.53. The predicted molar refractivity (Wildman–Crippen MR) is 87.3 cm³/mol. The molecule has 0 atom stereocenters. The lowest BCUT2D eigenvalue weighted by atomic mass is 10.0. The quantitative estimate of drug-likeness (QED) is 0.937. The summed E-state index contributed by atoms with van der Waals surface area (Å²) in [7, 11) is 0. The highest BCUT2D eigenvalue weighted by atomic mass is 35.5. The van der Waals surface area contributed by atoms with Crippen molar-refractivity contribution in [2.45, 2.75) is 18.4 Å². The molecule has 4 rings (SSSR count). The molecule has 0 saturated heterocycles. The molecule has 0 unspecified atom stereocenters. The molecule has 1 fully saturated rings. The van der Waals surface area contributed by atoms with E-state index in [1.807, 2.05) is 18.2 Å². The fourth-order valence-corrected chi connectivity index (χ4v) is 2.97. The molecular formula is C18H16ClNO3. The number of nitrogens with one attached hydrogen (secondary N) is 1. The lowest BCUT2D eigenvalue weighted by Gasteiger charge is -2.22. The Labute approximate surface area is 139 Å². The molecule has 0 aromatic heterocycles. The molecule has 2 aromatic rings. The first-order chi connectivity index (χ1) is 11.2. The Kier molecular flexibility index (Phi) is 3.42. The second kappa shape index (κ2) is 5.46. The number of amides is 1. The standard InChI is InChI=1S/C18H16ClNO3/c19-14-4-1-12(2-5-14)17(21)20-18(7-8-18)13-3-6-15-16(11-13)23-10-9-22-15/h1-6,11H,7-10H2,(H,20,21). The number of halogens is 1. The fraction of sp³-hybridized carbons (Fsp3) is 0.278. The molecule has 1 heterocycles. The topological polar surface area (TPSA) is 47.6 Å². The van der Waals surface area contributed by atoms with Crippen molar-refractivity contribution >= 4 is 17.5 Å². The van der Waals surface area contributed by atoms with Crippen molar-refractivity contribution < 1.29 is 14.3 Å². The summed E-state index contributed by atoms with van der Waals surface area (Å²) in [6, 6.07) is 12.8. The normalized spacial score (nSPS) is 17.4. The van der Waals surface area contributed by atoms with Crippen LogP contribution in [0.2, 0.25) is 5.02 Å². The lowest BCUT2D eigenvalue weighted by molar-refractivity contribution is 0.0930. The number of hydrogen-bond acceptors (Lipinski definition) is 3. The Morgan fingerprint density at radius 2 is 1.70 bits per heavy atom. The summed E-state index contributed by atoms with van der Waals surface area (Å²) < 4.78 is 11.2. The maximum absolute atomic E-state index is 12.5. The van der Waals surface area contributed by atoms with Crippen molar-refractivity contribution in [2.75, 3.05) is 13.2 Å². The highest BCUT2D eigenvalue weighted by Gasteiger charge is 2.46. The van der Waals surface area contributed by atoms with E-state index >= 15 is 0 Å². The van der Waals surface area contributed by atoms with Crippen molar-refractivity contribution in [3.8, 4) is 11.5 Å². The van der Waals surface area contributed by atoms with Gasteiger partial charge in [-0.2, -0.15) is 0 Å². The second-order valence-electron chi connectivity index (χ2n) is 5.90. The molecule has 23 heavy (non-hydrogen) atoms. The van der Waals surface area contributed by atoms with Crippen LogP contribution in [0.3, 0.4) is 0 Å². The molecule has 2 aromatic carbocycles. The van der Waals surface area contributed by atoms with Crippen molar-refractivity contribution in [1.29, 1.82) is 0 Å². The van der Waals surface area contributed by atoms with E-state index < -0.39 is 0 Å².